The van der Waals surface area contributed by atoms with E-state index in [0.717, 1.165) is 19.3 Å². The standard InChI is InChI=1S/C12H14N2O2S/c1-9-7-10(8-13)5-6-12(9)17(15,16)14-11-3-2-4-11/h5-7,11,14H,2-4H2,1H3. The zero-order chi connectivity index (χ0) is 12.5. The van der Waals surface area contributed by atoms with Gasteiger partial charge in [-0.15, -0.1) is 0 Å². The minimum Gasteiger partial charge on any atom is -0.208 e. The molecule has 1 N–H and O–H groups in total. The Labute approximate surface area is 101 Å². The molecule has 1 fully saturated rings. The number of sulfonamides is 1. The maximum atomic E-state index is 12.1. The molecule has 4 nitrogen and oxygen atoms in total. The number of nitrogens with one attached hydrogen (secondary N) is 1. The number of nitrogens with zero attached hydrogens (tertiary/aromatic N) is 1. The van der Waals surface area contributed by atoms with Gasteiger partial charge in [-0.1, -0.05) is 6.42 Å². The van der Waals surface area contributed by atoms with Gasteiger partial charge in [0.05, 0.1) is 16.5 Å². The van der Waals surface area contributed by atoms with Crippen molar-refractivity contribution >= 4 is 10.0 Å². The molecule has 17 heavy (non-hydrogen) atoms. The molecule has 0 bridgehead atoms. The molecule has 0 radical (unpaired) electrons. The van der Waals surface area contributed by atoms with Crippen LogP contribution in [0.1, 0.15) is 30.4 Å². The fourth-order valence-electron chi connectivity index (χ4n) is 1.83. The Kier molecular flexibility index (Phi) is 3.18. The first-order valence-electron chi connectivity index (χ1n) is 5.56. The summed E-state index contributed by atoms with van der Waals surface area (Å²) in [5.41, 5.74) is 1.08. The van der Waals surface area contributed by atoms with Gasteiger partial charge in [-0.25, -0.2) is 13.1 Å². The van der Waals surface area contributed by atoms with Crippen LogP contribution in [0.4, 0.5) is 0 Å². The van der Waals surface area contributed by atoms with Crippen molar-refractivity contribution < 1.29 is 8.42 Å². The second-order valence-corrected chi connectivity index (χ2v) is 6.02. The van der Waals surface area contributed by atoms with Gasteiger partial charge in [-0.3, -0.25) is 0 Å². The maximum Gasteiger partial charge on any atom is 0.241 e. The summed E-state index contributed by atoms with van der Waals surface area (Å²) in [6.45, 7) is 1.70. The Morgan fingerprint density at radius 1 is 1.41 bits per heavy atom. The average Bonchev–Trinajstić information content (AvgIpc) is 2.23. The summed E-state index contributed by atoms with van der Waals surface area (Å²) in [4.78, 5) is 0.267. The van der Waals surface area contributed by atoms with Crippen molar-refractivity contribution in [2.24, 2.45) is 0 Å². The highest BCUT2D eigenvalue weighted by Gasteiger charge is 2.25. The van der Waals surface area contributed by atoms with Crippen LogP contribution < -0.4 is 4.72 Å². The van der Waals surface area contributed by atoms with Crippen LogP contribution in [0.15, 0.2) is 23.1 Å². The van der Waals surface area contributed by atoms with E-state index in [2.05, 4.69) is 4.72 Å². The van der Waals surface area contributed by atoms with E-state index in [1.807, 2.05) is 6.07 Å². The molecule has 0 aliphatic heterocycles. The van der Waals surface area contributed by atoms with Crippen LogP contribution in [0.5, 0.6) is 0 Å². The van der Waals surface area contributed by atoms with Crippen LogP contribution in [-0.4, -0.2) is 14.5 Å². The predicted molar refractivity (Wildman–Crippen MR) is 63.9 cm³/mol. The first kappa shape index (κ1) is 12.1. The molecule has 2 rings (SSSR count). The molecule has 1 saturated carbocycles. The predicted octanol–water partition coefficient (Wildman–Crippen LogP) is 1.70. The van der Waals surface area contributed by atoms with Crippen molar-refractivity contribution in [2.75, 3.05) is 0 Å². The van der Waals surface area contributed by atoms with E-state index < -0.39 is 10.0 Å². The number of nitriles is 1. The second kappa shape index (κ2) is 4.47. The highest BCUT2D eigenvalue weighted by molar-refractivity contribution is 7.89. The molecule has 0 amide bonds. The van der Waals surface area contributed by atoms with E-state index >= 15 is 0 Å². The van der Waals surface area contributed by atoms with Gasteiger partial charge < -0.3 is 0 Å². The highest BCUT2D eigenvalue weighted by Crippen LogP contribution is 2.22. The number of hydrogen-bond donors (Lipinski definition) is 1. The fraction of sp³-hybridized carbons (Fsp3) is 0.417. The Hall–Kier alpha value is -1.38. The molecule has 5 heteroatoms. The molecule has 1 aromatic carbocycles. The minimum atomic E-state index is -3.44. The highest BCUT2D eigenvalue weighted by atomic mass is 32.2. The maximum absolute atomic E-state index is 12.1. The molecule has 0 saturated heterocycles. The fourth-order valence-corrected chi connectivity index (χ4v) is 3.36. The third-order valence-electron chi connectivity index (χ3n) is 3.02. The zero-order valence-corrected chi connectivity index (χ0v) is 10.4. The summed E-state index contributed by atoms with van der Waals surface area (Å²) in [5.74, 6) is 0. The molecule has 0 aromatic heterocycles. The molecule has 0 atom stereocenters. The molecule has 0 spiro atoms. The van der Waals surface area contributed by atoms with Crippen LogP contribution >= 0.6 is 0 Å². The molecule has 1 aliphatic carbocycles. The van der Waals surface area contributed by atoms with Crippen molar-refractivity contribution in [1.29, 1.82) is 5.26 Å². The van der Waals surface area contributed by atoms with Crippen LogP contribution in [0.25, 0.3) is 0 Å². The SMILES string of the molecule is Cc1cc(C#N)ccc1S(=O)(=O)NC1CCC1. The molecule has 1 aliphatic rings. The average molecular weight is 250 g/mol. The van der Waals surface area contributed by atoms with Crippen LogP contribution in [0.2, 0.25) is 0 Å². The Bertz CT molecular complexity index is 569. The monoisotopic (exact) mass is 250 g/mol. The van der Waals surface area contributed by atoms with Crippen LogP contribution in [-0.2, 0) is 10.0 Å². The van der Waals surface area contributed by atoms with E-state index in [9.17, 15) is 8.42 Å². The third-order valence-corrected chi connectivity index (χ3v) is 4.70. The Balaban J connectivity index is 2.29. The van der Waals surface area contributed by atoms with Gasteiger partial charge in [0, 0.05) is 6.04 Å². The van der Waals surface area contributed by atoms with Gasteiger partial charge in [-0.05, 0) is 43.5 Å². The zero-order valence-electron chi connectivity index (χ0n) is 9.60. The van der Waals surface area contributed by atoms with Gasteiger partial charge >= 0.3 is 0 Å². The number of benzene rings is 1. The van der Waals surface area contributed by atoms with Gasteiger partial charge in [0.1, 0.15) is 0 Å². The first-order valence-corrected chi connectivity index (χ1v) is 7.04. The summed E-state index contributed by atoms with van der Waals surface area (Å²) >= 11 is 0. The topological polar surface area (TPSA) is 70.0 Å². The molecule has 0 heterocycles. The lowest BCUT2D eigenvalue weighted by molar-refractivity contribution is 0.383. The lowest BCUT2D eigenvalue weighted by atomic mass is 9.94. The summed E-state index contributed by atoms with van der Waals surface area (Å²) in [5, 5.41) is 8.73. The molecular formula is C12H14N2O2S. The van der Waals surface area contributed by atoms with Crippen molar-refractivity contribution in [3.63, 3.8) is 0 Å². The van der Waals surface area contributed by atoms with Crippen molar-refractivity contribution in [3.8, 4) is 6.07 Å². The first-order chi connectivity index (χ1) is 8.03. The summed E-state index contributed by atoms with van der Waals surface area (Å²) in [7, 11) is -3.44. The Morgan fingerprint density at radius 2 is 2.12 bits per heavy atom. The summed E-state index contributed by atoms with van der Waals surface area (Å²) in [6.07, 6.45) is 2.91. The van der Waals surface area contributed by atoms with Crippen LogP contribution in [0.3, 0.4) is 0 Å². The Morgan fingerprint density at radius 3 is 2.59 bits per heavy atom. The number of rotatable bonds is 3. The van der Waals surface area contributed by atoms with E-state index in [4.69, 9.17) is 5.26 Å². The van der Waals surface area contributed by atoms with Gasteiger partial charge in [0.15, 0.2) is 0 Å². The van der Waals surface area contributed by atoms with Gasteiger partial charge in [-0.2, -0.15) is 5.26 Å². The lowest BCUT2D eigenvalue weighted by Crippen LogP contribution is -2.39. The normalized spacial score (nSPS) is 16.2. The minimum absolute atomic E-state index is 0.0787. The molecule has 0 unspecified atom stereocenters. The van der Waals surface area contributed by atoms with E-state index in [1.165, 1.54) is 12.1 Å². The van der Waals surface area contributed by atoms with E-state index in [-0.39, 0.29) is 10.9 Å². The molecule has 1 aromatic rings. The third kappa shape index (κ3) is 2.48. The van der Waals surface area contributed by atoms with Crippen LogP contribution in [0, 0.1) is 18.3 Å². The number of hydrogen-bond acceptors (Lipinski definition) is 3. The smallest absolute Gasteiger partial charge is 0.208 e. The second-order valence-electron chi connectivity index (χ2n) is 4.34. The molecule has 90 valence electrons. The van der Waals surface area contributed by atoms with Crippen molar-refractivity contribution in [2.45, 2.75) is 37.1 Å². The summed E-state index contributed by atoms with van der Waals surface area (Å²) in [6, 6.07) is 6.69. The summed E-state index contributed by atoms with van der Waals surface area (Å²) < 4.78 is 26.8. The largest absolute Gasteiger partial charge is 0.241 e. The van der Waals surface area contributed by atoms with Gasteiger partial charge in [0.25, 0.3) is 0 Å². The van der Waals surface area contributed by atoms with E-state index in [1.54, 1.807) is 13.0 Å². The lowest BCUT2D eigenvalue weighted by Gasteiger charge is -2.26. The van der Waals surface area contributed by atoms with E-state index in [0.29, 0.717) is 11.1 Å². The van der Waals surface area contributed by atoms with Crippen molar-refractivity contribution in [3.05, 3.63) is 29.3 Å². The van der Waals surface area contributed by atoms with Crippen molar-refractivity contribution in [1.82, 2.24) is 4.72 Å². The number of aryl methyl sites for hydroxylation is 1. The molecular weight excluding hydrogens is 236 g/mol. The quantitative estimate of drug-likeness (QED) is 0.887. The van der Waals surface area contributed by atoms with Gasteiger partial charge in [0.2, 0.25) is 10.0 Å².